The molecule has 1 heterocycles. The maximum atomic E-state index is 11.9. The third kappa shape index (κ3) is 6.90. The smallest absolute Gasteiger partial charge is 0.337 e. The van der Waals surface area contributed by atoms with Crippen LogP contribution in [-0.2, 0) is 17.8 Å². The highest BCUT2D eigenvalue weighted by atomic mass is 16.4. The van der Waals surface area contributed by atoms with Crippen molar-refractivity contribution in [2.24, 2.45) is 0 Å². The molecule has 0 radical (unpaired) electrons. The molecule has 142 valence electrons. The van der Waals surface area contributed by atoms with Gasteiger partial charge < -0.3 is 10.0 Å². The van der Waals surface area contributed by atoms with Gasteiger partial charge in [-0.3, -0.25) is 9.78 Å². The summed E-state index contributed by atoms with van der Waals surface area (Å²) in [4.78, 5) is 28.4. The quantitative estimate of drug-likeness (QED) is 0.735. The molecule has 0 atom stereocenters. The number of aromatic carboxylic acids is 1. The van der Waals surface area contributed by atoms with Crippen LogP contribution in [-0.4, -0.2) is 26.9 Å². The van der Waals surface area contributed by atoms with E-state index in [0.29, 0.717) is 13.0 Å². The summed E-state index contributed by atoms with van der Waals surface area (Å²) >= 11 is 0. The normalized spacial score (nSPS) is 10.0. The fourth-order valence-electron chi connectivity index (χ4n) is 2.37. The fourth-order valence-corrected chi connectivity index (χ4v) is 2.37. The maximum absolute atomic E-state index is 11.9. The number of pyridine rings is 1. The number of hydrogen-bond donors (Lipinski definition) is 1. The number of carbonyl (C=O) groups is 2. The second-order valence-electron chi connectivity index (χ2n) is 5.53. The van der Waals surface area contributed by atoms with Crippen LogP contribution in [0.3, 0.4) is 0 Å². The zero-order valence-electron chi connectivity index (χ0n) is 16.1. The lowest BCUT2D eigenvalue weighted by molar-refractivity contribution is -0.124. The van der Waals surface area contributed by atoms with Crippen molar-refractivity contribution < 1.29 is 14.7 Å². The Hall–Kier alpha value is -3.21. The van der Waals surface area contributed by atoms with E-state index in [1.165, 1.54) is 23.4 Å². The van der Waals surface area contributed by atoms with Crippen LogP contribution in [0.15, 0.2) is 67.7 Å². The average molecular weight is 366 g/mol. The molecule has 1 aromatic heterocycles. The highest BCUT2D eigenvalue weighted by molar-refractivity contribution is 5.88. The highest BCUT2D eigenvalue weighted by Gasteiger charge is 2.08. The summed E-state index contributed by atoms with van der Waals surface area (Å²) in [7, 11) is 0. The van der Waals surface area contributed by atoms with Crippen LogP contribution in [0.4, 0.5) is 0 Å². The molecule has 5 heteroatoms. The number of nitrogens with zero attached hydrogens (tertiary/aromatic N) is 2. The van der Waals surface area contributed by atoms with Gasteiger partial charge in [0.15, 0.2) is 0 Å². The Labute approximate surface area is 160 Å². The lowest BCUT2D eigenvalue weighted by atomic mass is 10.0. The molecule has 1 N–H and O–H groups in total. The van der Waals surface area contributed by atoms with Crippen molar-refractivity contribution in [3.63, 3.8) is 0 Å². The fraction of sp³-hybridized carbons (Fsp3) is 0.227. The summed E-state index contributed by atoms with van der Waals surface area (Å²) in [5.74, 6) is -1.10. The molecule has 1 aromatic carbocycles. The van der Waals surface area contributed by atoms with Crippen LogP contribution >= 0.6 is 0 Å². The number of benzene rings is 1. The zero-order valence-corrected chi connectivity index (χ0v) is 16.1. The van der Waals surface area contributed by atoms with Crippen molar-refractivity contribution in [2.75, 3.05) is 0 Å². The van der Waals surface area contributed by atoms with Gasteiger partial charge in [-0.15, -0.1) is 0 Å². The molecule has 27 heavy (non-hydrogen) atoms. The van der Waals surface area contributed by atoms with Crippen LogP contribution in [0.1, 0.15) is 47.8 Å². The van der Waals surface area contributed by atoms with Crippen molar-refractivity contribution >= 4 is 11.9 Å². The average Bonchev–Trinajstić information content (AvgIpc) is 2.69. The zero-order chi connectivity index (χ0) is 20.2. The van der Waals surface area contributed by atoms with Crippen LogP contribution in [0.5, 0.6) is 0 Å². The number of allylic oxidation sites excluding steroid dienone is 1. The van der Waals surface area contributed by atoms with Gasteiger partial charge in [0, 0.05) is 18.6 Å². The molecule has 0 unspecified atom stereocenters. The molecule has 0 saturated heterocycles. The predicted octanol–water partition coefficient (Wildman–Crippen LogP) is 4.45. The monoisotopic (exact) mass is 366 g/mol. The largest absolute Gasteiger partial charge is 0.478 e. The van der Waals surface area contributed by atoms with E-state index in [1.807, 2.05) is 38.1 Å². The predicted molar refractivity (Wildman–Crippen MR) is 107 cm³/mol. The summed E-state index contributed by atoms with van der Waals surface area (Å²) in [6.45, 7) is 9.91. The molecular weight excluding hydrogens is 340 g/mol. The van der Waals surface area contributed by atoms with Crippen molar-refractivity contribution in [1.82, 2.24) is 9.88 Å². The Balaban J connectivity index is 0.00000176. The van der Waals surface area contributed by atoms with E-state index in [4.69, 9.17) is 5.11 Å². The van der Waals surface area contributed by atoms with E-state index < -0.39 is 5.97 Å². The molecule has 0 saturated carbocycles. The van der Waals surface area contributed by atoms with Gasteiger partial charge in [0.05, 0.1) is 12.1 Å². The highest BCUT2D eigenvalue weighted by Crippen LogP contribution is 2.13. The Morgan fingerprint density at radius 1 is 1.11 bits per heavy atom. The summed E-state index contributed by atoms with van der Waals surface area (Å²) in [5.41, 5.74) is 3.04. The van der Waals surface area contributed by atoms with E-state index in [0.717, 1.165) is 16.7 Å². The third-order valence-corrected chi connectivity index (χ3v) is 3.64. The molecule has 2 rings (SSSR count). The van der Waals surface area contributed by atoms with Crippen LogP contribution in [0, 0.1) is 0 Å². The molecule has 5 nitrogen and oxygen atoms in total. The van der Waals surface area contributed by atoms with Gasteiger partial charge in [0.1, 0.15) is 0 Å². The molecule has 0 fully saturated rings. The minimum absolute atomic E-state index is 0.113. The molecule has 0 aliphatic carbocycles. The van der Waals surface area contributed by atoms with Gasteiger partial charge in [-0.1, -0.05) is 50.8 Å². The van der Waals surface area contributed by atoms with E-state index in [-0.39, 0.29) is 11.5 Å². The van der Waals surface area contributed by atoms with Crippen LogP contribution in [0.2, 0.25) is 0 Å². The summed E-state index contributed by atoms with van der Waals surface area (Å²) < 4.78 is 0. The van der Waals surface area contributed by atoms with Crippen molar-refractivity contribution in [2.45, 2.75) is 33.7 Å². The van der Waals surface area contributed by atoms with Gasteiger partial charge in [0.25, 0.3) is 0 Å². The van der Waals surface area contributed by atoms with Gasteiger partial charge in [0.2, 0.25) is 5.91 Å². The molecule has 0 bridgehead atoms. The standard InChI is InChI=1S/C20H20N2O3.C2H6/c1-3-5-19(23)22(4-2)14-16-8-6-15(7-9-16)10-17-11-18(20(24)25)13-21-12-17;1-2/h3-9,11-13H,2,10,14H2,1H3,(H,24,25);1-2H3/b5-3-;. The van der Waals surface area contributed by atoms with E-state index in [1.54, 1.807) is 25.3 Å². The summed E-state index contributed by atoms with van der Waals surface area (Å²) in [5, 5.41) is 9.02. The molecule has 0 aliphatic heterocycles. The second-order valence-corrected chi connectivity index (χ2v) is 5.53. The molecule has 1 amide bonds. The Bertz CT molecular complexity index is 795. The number of carbonyl (C=O) groups excluding carboxylic acids is 1. The summed E-state index contributed by atoms with van der Waals surface area (Å²) in [6.07, 6.45) is 8.30. The first-order chi connectivity index (χ1) is 13.0. The van der Waals surface area contributed by atoms with Crippen LogP contribution < -0.4 is 0 Å². The first kappa shape index (κ1) is 21.8. The van der Waals surface area contributed by atoms with Gasteiger partial charge in [-0.05, 0) is 42.2 Å². The van der Waals surface area contributed by atoms with Crippen molar-refractivity contribution in [3.8, 4) is 0 Å². The third-order valence-electron chi connectivity index (χ3n) is 3.64. The number of hydrogen-bond acceptors (Lipinski definition) is 3. The number of amides is 1. The maximum Gasteiger partial charge on any atom is 0.337 e. The van der Waals surface area contributed by atoms with E-state index in [9.17, 15) is 9.59 Å². The van der Waals surface area contributed by atoms with Crippen LogP contribution in [0.25, 0.3) is 0 Å². The number of rotatable bonds is 7. The van der Waals surface area contributed by atoms with E-state index >= 15 is 0 Å². The second kappa shape index (κ2) is 11.4. The Morgan fingerprint density at radius 3 is 2.30 bits per heavy atom. The van der Waals surface area contributed by atoms with Gasteiger partial charge in [-0.25, -0.2) is 4.79 Å². The molecule has 2 aromatic rings. The van der Waals surface area contributed by atoms with E-state index in [2.05, 4.69) is 11.6 Å². The van der Waals surface area contributed by atoms with Gasteiger partial charge >= 0.3 is 5.97 Å². The topological polar surface area (TPSA) is 70.5 Å². The van der Waals surface area contributed by atoms with Gasteiger partial charge in [-0.2, -0.15) is 0 Å². The van der Waals surface area contributed by atoms with Crippen molar-refractivity contribution in [1.29, 1.82) is 0 Å². The molecular formula is C22H26N2O3. The lowest BCUT2D eigenvalue weighted by Gasteiger charge is -2.16. The first-order valence-electron chi connectivity index (χ1n) is 8.84. The molecule has 0 aliphatic rings. The minimum atomic E-state index is -0.986. The van der Waals surface area contributed by atoms with Crippen molar-refractivity contribution in [3.05, 3.63) is 89.9 Å². The molecule has 0 spiro atoms. The lowest BCUT2D eigenvalue weighted by Crippen LogP contribution is -2.22. The minimum Gasteiger partial charge on any atom is -0.478 e. The number of carboxylic acids is 1. The number of carboxylic acid groups (broad SMARTS) is 1. The first-order valence-corrected chi connectivity index (χ1v) is 8.84. The SMILES string of the molecule is C=CN(Cc1ccc(Cc2cncc(C(=O)O)c2)cc1)C(=O)/C=C\C.CC. The Kier molecular flexibility index (Phi) is 9.23. The number of aromatic nitrogens is 1. The summed E-state index contributed by atoms with van der Waals surface area (Å²) in [6, 6.07) is 9.44. The Morgan fingerprint density at radius 2 is 1.74 bits per heavy atom.